The van der Waals surface area contributed by atoms with Gasteiger partial charge in [-0.15, -0.1) is 0 Å². The zero-order valence-corrected chi connectivity index (χ0v) is 23.6. The highest BCUT2D eigenvalue weighted by Crippen LogP contribution is 2.41. The van der Waals surface area contributed by atoms with Gasteiger partial charge in [-0.25, -0.2) is 18.7 Å². The number of pyridine rings is 2. The van der Waals surface area contributed by atoms with E-state index < -0.39 is 40.7 Å². The van der Waals surface area contributed by atoms with Gasteiger partial charge in [-0.1, -0.05) is 12.5 Å². The normalized spacial score (nSPS) is 18.2. The average Bonchev–Trinajstić information content (AvgIpc) is 3.75. The van der Waals surface area contributed by atoms with Crippen LogP contribution in [0, 0.1) is 5.82 Å². The second kappa shape index (κ2) is 10.8. The van der Waals surface area contributed by atoms with Gasteiger partial charge in [-0.2, -0.15) is 13.2 Å². The van der Waals surface area contributed by atoms with Gasteiger partial charge in [0.25, 0.3) is 11.5 Å². The Labute approximate surface area is 248 Å². The number of nitrogens with zero attached hydrogens (tertiary/aromatic N) is 5. The zero-order chi connectivity index (χ0) is 30.7. The summed E-state index contributed by atoms with van der Waals surface area (Å²) in [6.07, 6.45) is -0.570. The first kappa shape index (κ1) is 28.6. The first-order chi connectivity index (χ1) is 21.0. The van der Waals surface area contributed by atoms with E-state index in [2.05, 4.69) is 19.9 Å². The standard InChI is InChI=1S/C31H29F5N6O2/c32-19-6-7-21(22(12-19)29(43)41-13-20(33)14-41)18-10-24(17-4-5-17)37-26(11-18)42-15-23(31(34,35)36)27-28(30(42)44)39-25(38-27)16-40-8-2-1-3-9-40/h6-7,10-12,15,17,20H,1-5,8-9,13-14,16H2,(H,38,39). The van der Waals surface area contributed by atoms with Crippen LogP contribution in [0.1, 0.15) is 65.5 Å². The van der Waals surface area contributed by atoms with E-state index in [1.54, 1.807) is 6.07 Å². The highest BCUT2D eigenvalue weighted by atomic mass is 19.4. The molecule has 0 radical (unpaired) electrons. The van der Waals surface area contributed by atoms with Gasteiger partial charge in [0.15, 0.2) is 0 Å². The Balaban J connectivity index is 1.36. The van der Waals surface area contributed by atoms with Crippen LogP contribution in [0.2, 0.25) is 0 Å². The molecule has 3 aromatic heterocycles. The maximum absolute atomic E-state index is 14.4. The molecule has 230 valence electrons. The number of carbonyl (C=O) groups excluding carboxylic acids is 1. The first-order valence-electron chi connectivity index (χ1n) is 14.7. The number of fused-ring (bicyclic) bond motifs is 1. The van der Waals surface area contributed by atoms with E-state index in [1.165, 1.54) is 23.1 Å². The molecule has 1 aromatic carbocycles. The van der Waals surface area contributed by atoms with E-state index >= 15 is 0 Å². The summed E-state index contributed by atoms with van der Waals surface area (Å²) in [6.45, 7) is 1.68. The summed E-state index contributed by atoms with van der Waals surface area (Å²) in [5.41, 5.74) is -1.33. The molecule has 1 aliphatic carbocycles. The molecule has 1 N–H and O–H groups in total. The number of rotatable bonds is 6. The molecule has 2 aliphatic heterocycles. The van der Waals surface area contributed by atoms with Crippen molar-refractivity contribution < 1.29 is 26.7 Å². The van der Waals surface area contributed by atoms with E-state index in [0.717, 1.165) is 62.0 Å². The number of hydrogen-bond acceptors (Lipinski definition) is 5. The SMILES string of the molecule is O=C(c1cc(F)ccc1-c1cc(C2CC2)nc(-n2cc(C(F)(F)F)c3nc(CN4CCCCC4)[nH]c3c2=O)c1)N1CC(F)C1. The molecule has 0 unspecified atom stereocenters. The third-order valence-corrected chi connectivity index (χ3v) is 8.55. The third kappa shape index (κ3) is 5.37. The van der Waals surface area contributed by atoms with Crippen LogP contribution < -0.4 is 5.56 Å². The fourth-order valence-corrected chi connectivity index (χ4v) is 6.03. The Morgan fingerprint density at radius 2 is 1.77 bits per heavy atom. The van der Waals surface area contributed by atoms with Gasteiger partial charge in [0, 0.05) is 17.8 Å². The van der Waals surface area contributed by atoms with E-state index in [9.17, 15) is 31.5 Å². The summed E-state index contributed by atoms with van der Waals surface area (Å²) in [6, 6.07) is 6.77. The maximum atomic E-state index is 14.4. The van der Waals surface area contributed by atoms with Crippen LogP contribution in [0.25, 0.3) is 28.0 Å². The number of aromatic nitrogens is 4. The molecule has 44 heavy (non-hydrogen) atoms. The second-order valence-electron chi connectivity index (χ2n) is 11.9. The Hall–Kier alpha value is -4.13. The highest BCUT2D eigenvalue weighted by molar-refractivity contribution is 6.01. The molecule has 7 rings (SSSR count). The van der Waals surface area contributed by atoms with Gasteiger partial charge in [-0.3, -0.25) is 19.1 Å². The van der Waals surface area contributed by atoms with Crippen LogP contribution in [0.3, 0.4) is 0 Å². The summed E-state index contributed by atoms with van der Waals surface area (Å²) >= 11 is 0. The lowest BCUT2D eigenvalue weighted by Gasteiger charge is -2.34. The molecule has 3 fully saturated rings. The summed E-state index contributed by atoms with van der Waals surface area (Å²) in [7, 11) is 0. The Morgan fingerprint density at radius 3 is 2.45 bits per heavy atom. The van der Waals surface area contributed by atoms with Crippen molar-refractivity contribution in [3.8, 4) is 16.9 Å². The topological polar surface area (TPSA) is 87.1 Å². The fourth-order valence-electron chi connectivity index (χ4n) is 6.03. The summed E-state index contributed by atoms with van der Waals surface area (Å²) in [4.78, 5) is 42.0. The molecule has 0 bridgehead atoms. The number of carbonyl (C=O) groups is 1. The number of hydrogen-bond donors (Lipinski definition) is 1. The molecule has 3 aliphatic rings. The number of H-pyrrole nitrogens is 1. The van der Waals surface area contributed by atoms with Crippen molar-refractivity contribution >= 4 is 16.9 Å². The summed E-state index contributed by atoms with van der Waals surface area (Å²) < 4.78 is 71.9. The number of likely N-dealkylation sites (tertiary alicyclic amines) is 2. The predicted molar refractivity (Wildman–Crippen MR) is 152 cm³/mol. The van der Waals surface area contributed by atoms with E-state index in [-0.39, 0.29) is 41.7 Å². The lowest BCUT2D eigenvalue weighted by atomic mass is 9.96. The molecule has 1 amide bonds. The van der Waals surface area contributed by atoms with Crippen molar-refractivity contribution in [2.24, 2.45) is 0 Å². The predicted octanol–water partition coefficient (Wildman–Crippen LogP) is 5.59. The van der Waals surface area contributed by atoms with Gasteiger partial charge in [0.1, 0.15) is 40.2 Å². The van der Waals surface area contributed by atoms with Gasteiger partial charge >= 0.3 is 6.18 Å². The Kier molecular flexibility index (Phi) is 7.02. The molecule has 2 saturated heterocycles. The smallest absolute Gasteiger partial charge is 0.336 e. The number of piperidine rings is 1. The van der Waals surface area contributed by atoms with Crippen LogP contribution in [0.15, 0.2) is 41.3 Å². The van der Waals surface area contributed by atoms with Gasteiger partial charge in [0.2, 0.25) is 0 Å². The number of halogens is 5. The molecule has 4 aromatic rings. The average molecular weight is 613 g/mol. The second-order valence-corrected chi connectivity index (χ2v) is 11.9. The lowest BCUT2D eigenvalue weighted by Crippen LogP contribution is -2.51. The molecule has 1 saturated carbocycles. The van der Waals surface area contributed by atoms with Crippen molar-refractivity contribution in [1.82, 2.24) is 29.3 Å². The number of benzene rings is 1. The number of alkyl halides is 4. The minimum atomic E-state index is -4.82. The maximum Gasteiger partial charge on any atom is 0.419 e. The van der Waals surface area contributed by atoms with Crippen LogP contribution in [0.4, 0.5) is 22.0 Å². The van der Waals surface area contributed by atoms with Crippen molar-refractivity contribution in [3.05, 3.63) is 75.3 Å². The van der Waals surface area contributed by atoms with Gasteiger partial charge in [0.05, 0.1) is 25.2 Å². The van der Waals surface area contributed by atoms with Crippen molar-refractivity contribution in [1.29, 1.82) is 0 Å². The molecule has 8 nitrogen and oxygen atoms in total. The van der Waals surface area contributed by atoms with Crippen molar-refractivity contribution in [2.45, 2.75) is 56.9 Å². The monoisotopic (exact) mass is 612 g/mol. The number of amides is 1. The van der Waals surface area contributed by atoms with Gasteiger partial charge in [-0.05, 0) is 74.2 Å². The van der Waals surface area contributed by atoms with Crippen LogP contribution in [0.5, 0.6) is 0 Å². The fraction of sp³-hybridized carbons (Fsp3) is 0.419. The molecule has 5 heterocycles. The third-order valence-electron chi connectivity index (χ3n) is 8.55. The van der Waals surface area contributed by atoms with E-state index in [4.69, 9.17) is 0 Å². The molecular weight excluding hydrogens is 583 g/mol. The highest BCUT2D eigenvalue weighted by Gasteiger charge is 2.37. The van der Waals surface area contributed by atoms with E-state index in [0.29, 0.717) is 23.4 Å². The minimum Gasteiger partial charge on any atom is -0.336 e. The van der Waals surface area contributed by atoms with Crippen molar-refractivity contribution in [2.75, 3.05) is 26.2 Å². The molecule has 0 atom stereocenters. The largest absolute Gasteiger partial charge is 0.419 e. The lowest BCUT2D eigenvalue weighted by molar-refractivity contribution is -0.136. The number of aromatic amines is 1. The van der Waals surface area contributed by atoms with Crippen LogP contribution in [-0.2, 0) is 12.7 Å². The molecule has 13 heteroatoms. The number of imidazole rings is 1. The minimum absolute atomic E-state index is 0.00880. The summed E-state index contributed by atoms with van der Waals surface area (Å²) in [5.74, 6) is -0.984. The Bertz CT molecular complexity index is 1820. The van der Waals surface area contributed by atoms with Crippen LogP contribution >= 0.6 is 0 Å². The van der Waals surface area contributed by atoms with E-state index in [1.807, 2.05) is 0 Å². The zero-order valence-electron chi connectivity index (χ0n) is 23.6. The van der Waals surface area contributed by atoms with Gasteiger partial charge < -0.3 is 9.88 Å². The number of nitrogens with one attached hydrogen (secondary N) is 1. The Morgan fingerprint density at radius 1 is 1.02 bits per heavy atom. The van der Waals surface area contributed by atoms with Crippen LogP contribution in [-0.4, -0.2) is 67.6 Å². The molecule has 0 spiro atoms. The first-order valence-corrected chi connectivity index (χ1v) is 14.7. The quantitative estimate of drug-likeness (QED) is 0.287. The molecular formula is C31H29F5N6O2. The van der Waals surface area contributed by atoms with Crippen molar-refractivity contribution in [3.63, 3.8) is 0 Å². The summed E-state index contributed by atoms with van der Waals surface area (Å²) in [5, 5.41) is 0.